The summed E-state index contributed by atoms with van der Waals surface area (Å²) in [7, 11) is 4.00. The Labute approximate surface area is 852 Å². The van der Waals surface area contributed by atoms with Crippen LogP contribution in [0.15, 0.2) is 376 Å². The number of fused-ring (bicyclic) bond motifs is 4. The van der Waals surface area contributed by atoms with Crippen LogP contribution in [0.25, 0.3) is 43.6 Å². The van der Waals surface area contributed by atoms with Gasteiger partial charge in [0.15, 0.2) is 34.4 Å². The largest absolute Gasteiger partial charge is 0.464 e. The summed E-state index contributed by atoms with van der Waals surface area (Å²) < 4.78 is 43.7. The van der Waals surface area contributed by atoms with E-state index in [-0.39, 0.29) is 25.6 Å². The van der Waals surface area contributed by atoms with Gasteiger partial charge in [-0.1, -0.05) is 312 Å². The van der Waals surface area contributed by atoms with E-state index in [4.69, 9.17) is 91.5 Å². The minimum absolute atomic E-state index is 0.119. The SMILES string of the molecule is COC(=O)c1cc2c(Cl)cc(Oc3ccccc3)cc2[nH]1.COC(=O)c1cc2c(Cl)cc(Oc3ccccc3)cc2n1Cc1nn[nH]n1.COC(=O)c1cc2c(Cl)cc(Oc3ccccc3)cc2n1Cc1nnn(C(c2ccccc2)(c2ccccc2)c2ccccc2)n1.ClCc1nnn(C(c2ccccc2)(c2ccccc2)c2ccccc2)n1.OCc1cc2c(Cl)cc(Oc3ccccc3)cc2n1Cc1nn[nH]n1. The zero-order chi connectivity index (χ0) is 100. The number of tetrazole rings is 4. The van der Waals surface area contributed by atoms with Gasteiger partial charge in [0.1, 0.15) is 63.1 Å². The number of carbonyl (C=O) groups is 3. The third kappa shape index (κ3) is 21.7. The van der Waals surface area contributed by atoms with E-state index < -0.39 is 29.0 Å². The van der Waals surface area contributed by atoms with Crippen LogP contribution in [-0.2, 0) is 57.4 Å². The van der Waals surface area contributed by atoms with Gasteiger partial charge in [0.25, 0.3) is 0 Å². The summed E-state index contributed by atoms with van der Waals surface area (Å²) in [4.78, 5) is 43.1. The monoisotopic (exact) mass is 2020 g/mol. The molecule has 0 saturated carbocycles. The molecule has 0 atom stereocenters. The Morgan fingerprint density at radius 3 is 0.938 bits per heavy atom. The van der Waals surface area contributed by atoms with E-state index in [0.29, 0.717) is 140 Å². The number of para-hydroxylation sites is 4. The van der Waals surface area contributed by atoms with E-state index in [1.807, 2.05) is 253 Å². The molecule has 145 heavy (non-hydrogen) atoms. The number of benzene rings is 14. The number of H-pyrrole nitrogens is 3. The van der Waals surface area contributed by atoms with E-state index in [1.165, 1.54) is 21.3 Å². The van der Waals surface area contributed by atoms with Crippen LogP contribution in [-0.4, -0.2) is 145 Å². The summed E-state index contributed by atoms with van der Waals surface area (Å²) in [6.45, 7) is 0.571. The third-order valence-electron chi connectivity index (χ3n) is 23.3. The fourth-order valence-electron chi connectivity index (χ4n) is 16.8. The van der Waals surface area contributed by atoms with Crippen LogP contribution in [0.1, 0.15) is 93.8 Å². The zero-order valence-electron chi connectivity index (χ0n) is 77.4. The Balaban J connectivity index is 0.000000123. The number of hydrogen-bond donors (Lipinski definition) is 4. The van der Waals surface area contributed by atoms with Crippen LogP contribution < -0.4 is 18.9 Å². The quantitative estimate of drug-likeness (QED) is 0.0161. The zero-order valence-corrected chi connectivity index (χ0v) is 81.1. The van der Waals surface area contributed by atoms with Gasteiger partial charge in [0, 0.05) is 75.8 Å². The van der Waals surface area contributed by atoms with Crippen molar-refractivity contribution >= 4 is 120 Å². The summed E-state index contributed by atoms with van der Waals surface area (Å²) >= 11 is 31.8. The van der Waals surface area contributed by atoms with Gasteiger partial charge in [0.2, 0.25) is 0 Å². The molecule has 14 aromatic carbocycles. The number of carbonyl (C=O) groups excluding carboxylic acids is 3. The van der Waals surface area contributed by atoms with Gasteiger partial charge in [-0.15, -0.1) is 62.0 Å². The molecule has 0 aliphatic heterocycles. The number of esters is 3. The minimum atomic E-state index is -0.932. The highest BCUT2D eigenvalue weighted by Crippen LogP contribution is 2.45. The van der Waals surface area contributed by atoms with Crippen LogP contribution in [0.2, 0.25) is 20.1 Å². The first-order valence-electron chi connectivity index (χ1n) is 45.0. The summed E-state index contributed by atoms with van der Waals surface area (Å²) in [6.07, 6.45) is 0. The minimum Gasteiger partial charge on any atom is -0.464 e. The standard InChI is InChI=1S/C37H28ClN5O3.C21H17ClN4.C18H14ClN5O3.C17H14ClN5O2.C16H12ClNO3/c1-45-36(44)34-24-31-32(38)22-30(46-29-20-12-5-13-21-29)23-33(31)42(34)25-35-39-41-43(40-35)37(26-14-6-2-7-15-26,27-16-8-3-9-17-27)28-18-10-4-11-19-28;22-16-20-23-25-26(24-20)21(17-10-4-1-5-11-17,18-12-6-2-7-13-18)19-14-8-3-9-15-19;1-26-18(25)16-9-13-14(19)7-12(27-11-5-3-2-4-6-11)8-15(13)24(16)10-17-20-22-23-21-17;18-15-7-13(25-12-4-2-1-3-5-12)8-16-14(15)6-11(10-24)23(16)9-17-19-21-22-20-17;1-20-16(19)15-9-12-13(17)7-11(8-14(12)18-15)21-10-5-3-2-4-6-10/h2-24H,25H2,1H3;1-15H,16H2;2-9H,10H2,1H3,(H,20,21,22,23);1-8,24H,9-10H2,(H,19,20,21,22);2-9,18H,1H3. The van der Waals surface area contributed by atoms with Crippen molar-refractivity contribution in [2.24, 2.45) is 0 Å². The Morgan fingerprint density at radius 1 is 0.324 bits per heavy atom. The number of rotatable bonds is 27. The highest BCUT2D eigenvalue weighted by atomic mass is 35.5. The van der Waals surface area contributed by atoms with Gasteiger partial charge >= 0.3 is 17.9 Å². The van der Waals surface area contributed by atoms with Crippen LogP contribution in [0.3, 0.4) is 0 Å². The number of methoxy groups -OCH3 is 3. The lowest BCUT2D eigenvalue weighted by Crippen LogP contribution is -2.39. The molecule has 22 rings (SSSR count). The Hall–Kier alpha value is -17.5. The lowest BCUT2D eigenvalue weighted by Gasteiger charge is -2.34. The van der Waals surface area contributed by atoms with Crippen LogP contribution in [0, 0.1) is 0 Å². The Morgan fingerprint density at radius 2 is 0.621 bits per heavy atom. The van der Waals surface area contributed by atoms with Crippen molar-refractivity contribution in [3.63, 3.8) is 0 Å². The molecule has 722 valence electrons. The van der Waals surface area contributed by atoms with Crippen LogP contribution in [0.4, 0.5) is 0 Å². The molecular formula is C109H85Cl5N20O11. The Bertz CT molecular complexity index is 7940. The lowest BCUT2D eigenvalue weighted by atomic mass is 9.77. The van der Waals surface area contributed by atoms with Crippen molar-refractivity contribution in [3.05, 3.63) is 476 Å². The smallest absolute Gasteiger partial charge is 0.354 e. The topological polar surface area (TPSA) is 363 Å². The lowest BCUT2D eigenvalue weighted by molar-refractivity contribution is 0.0580. The number of alkyl halides is 1. The van der Waals surface area contributed by atoms with E-state index >= 15 is 0 Å². The maximum Gasteiger partial charge on any atom is 0.354 e. The fraction of sp³-hybridized carbons (Fsp3) is 0.0917. The number of aromatic nitrogens is 20. The van der Waals surface area contributed by atoms with Gasteiger partial charge in [-0.2, -0.15) is 10.4 Å². The summed E-state index contributed by atoms with van der Waals surface area (Å²) in [5.41, 5.74) is 8.97. The molecule has 0 aliphatic carbocycles. The number of nitrogens with one attached hydrogen (secondary N) is 3. The molecule has 0 spiro atoms. The molecule has 22 aromatic rings. The van der Waals surface area contributed by atoms with Gasteiger partial charge in [-0.05, 0) is 117 Å². The second-order valence-electron chi connectivity index (χ2n) is 32.2. The van der Waals surface area contributed by atoms with Crippen molar-refractivity contribution in [1.82, 2.24) is 100 Å². The maximum atomic E-state index is 13.0. The highest BCUT2D eigenvalue weighted by molar-refractivity contribution is 6.37. The van der Waals surface area contributed by atoms with Crippen molar-refractivity contribution < 1.29 is 52.6 Å². The third-order valence-corrected chi connectivity index (χ3v) is 24.8. The molecular weight excluding hydrogens is 1940 g/mol. The first-order valence-corrected chi connectivity index (χ1v) is 47.0. The number of aliphatic hydroxyl groups excluding tert-OH is 1. The van der Waals surface area contributed by atoms with Crippen molar-refractivity contribution in [1.29, 1.82) is 0 Å². The Kier molecular flexibility index (Phi) is 30.6. The van der Waals surface area contributed by atoms with Crippen molar-refractivity contribution in [2.75, 3.05) is 21.3 Å². The number of halogens is 5. The predicted octanol–water partition coefficient (Wildman–Crippen LogP) is 23.0. The first-order chi connectivity index (χ1) is 71.0. The second kappa shape index (κ2) is 45.4. The highest BCUT2D eigenvalue weighted by Gasteiger charge is 2.43. The van der Waals surface area contributed by atoms with Crippen LogP contribution in [0.5, 0.6) is 46.0 Å². The molecule has 4 N–H and O–H groups in total. The average molecular weight is 2030 g/mol. The first kappa shape index (κ1) is 97.8. The summed E-state index contributed by atoms with van der Waals surface area (Å²) in [6, 6.07) is 120. The van der Waals surface area contributed by atoms with E-state index in [0.717, 1.165) is 55.4 Å². The van der Waals surface area contributed by atoms with Gasteiger partial charge in [0.05, 0.1) is 95.6 Å². The molecule has 31 nitrogen and oxygen atoms in total. The molecule has 0 bridgehead atoms. The van der Waals surface area contributed by atoms with Gasteiger partial charge < -0.3 is 56.9 Å². The van der Waals surface area contributed by atoms with Crippen LogP contribution >= 0.6 is 58.0 Å². The van der Waals surface area contributed by atoms with Gasteiger partial charge in [-0.25, -0.2) is 14.4 Å². The molecule has 0 fully saturated rings. The molecule has 0 saturated heterocycles. The predicted molar refractivity (Wildman–Crippen MR) is 550 cm³/mol. The molecule has 0 amide bonds. The summed E-state index contributed by atoms with van der Waals surface area (Å²) in [5, 5.41) is 69.6. The van der Waals surface area contributed by atoms with E-state index in [9.17, 15) is 19.5 Å². The number of hydrogen-bond acceptors (Lipinski definition) is 23. The molecule has 8 heterocycles. The average Bonchev–Trinajstić information content (AvgIpc) is 1.72. The normalized spacial score (nSPS) is 11.2. The molecule has 0 unspecified atom stereocenters. The van der Waals surface area contributed by atoms with Gasteiger partial charge in [-0.3, -0.25) is 0 Å². The van der Waals surface area contributed by atoms with Crippen molar-refractivity contribution in [2.45, 2.75) is 43.2 Å². The molecule has 0 radical (unpaired) electrons. The number of ether oxygens (including phenoxy) is 7. The maximum absolute atomic E-state index is 13.0. The molecule has 0 aliphatic rings. The van der Waals surface area contributed by atoms with E-state index in [2.05, 4.69) is 149 Å². The van der Waals surface area contributed by atoms with Crippen molar-refractivity contribution in [3.8, 4) is 46.0 Å². The molecule has 36 heteroatoms. The van der Waals surface area contributed by atoms with E-state index in [1.54, 1.807) is 73.3 Å². The summed E-state index contributed by atoms with van der Waals surface area (Å²) in [5.74, 6) is 5.64. The number of aromatic amines is 3. The fourth-order valence-corrected chi connectivity index (χ4v) is 18.0. The second-order valence-corrected chi connectivity index (χ2v) is 34.1. The number of nitrogens with zero attached hydrogens (tertiary/aromatic N) is 17. The number of aliphatic hydroxyl groups is 1. The molecule has 8 aromatic heterocycles.